The Hall–Kier alpha value is -7.35. The predicted molar refractivity (Wildman–Crippen MR) is 271 cm³/mol. The van der Waals surface area contributed by atoms with E-state index in [0.29, 0.717) is 72.8 Å². The molecule has 2 N–H and O–H groups in total. The van der Waals surface area contributed by atoms with Crippen molar-refractivity contribution in [3.8, 4) is 56.4 Å². The van der Waals surface area contributed by atoms with Crippen molar-refractivity contribution in [2.24, 2.45) is 0 Å². The van der Waals surface area contributed by atoms with E-state index in [0.717, 1.165) is 22.1 Å². The summed E-state index contributed by atoms with van der Waals surface area (Å²) in [6.07, 6.45) is 0. The number of phosphoric ester groups is 1. The van der Waals surface area contributed by atoms with Gasteiger partial charge >= 0.3 is 0 Å². The Morgan fingerprint density at radius 1 is 0.583 bits per heavy atom. The average Bonchev–Trinajstić information content (AvgIpc) is 3.28. The van der Waals surface area contributed by atoms with Crippen LogP contribution in [0.1, 0.15) is 31.8 Å². The van der Waals surface area contributed by atoms with Gasteiger partial charge in [0.2, 0.25) is 0 Å². The van der Waals surface area contributed by atoms with E-state index in [9.17, 15) is 48.8 Å². The third kappa shape index (κ3) is 12.6. The maximum absolute atomic E-state index is 12.1. The van der Waals surface area contributed by atoms with Gasteiger partial charge in [-0.3, -0.25) is 9.59 Å². The lowest BCUT2D eigenvalue weighted by Crippen LogP contribution is -2.41. The Bertz CT molecular complexity index is 3560. The van der Waals surface area contributed by atoms with Crippen LogP contribution in [0.4, 0.5) is 0 Å². The summed E-state index contributed by atoms with van der Waals surface area (Å²) in [5.74, 6) is -2.99. The number of rotatable bonds is 14. The van der Waals surface area contributed by atoms with E-state index in [4.69, 9.17) is 33.3 Å². The third-order valence-electron chi connectivity index (χ3n) is 11.2. The van der Waals surface area contributed by atoms with Gasteiger partial charge in [-0.15, -0.1) is 5.75 Å². The second-order valence-electron chi connectivity index (χ2n) is 18.8. The van der Waals surface area contributed by atoms with Crippen LogP contribution in [0.25, 0.3) is 66.8 Å². The lowest BCUT2D eigenvalue weighted by molar-refractivity contribution is -0.869. The molecular weight excluding hydrogens is 984 g/mol. The third-order valence-corrected chi connectivity index (χ3v) is 12.4. The number of fused-ring (bicyclic) bond motifs is 4. The number of hydrogen-bond donors (Lipinski definition) is 2. The number of likely N-dealkylation sites (N-methyl/N-ethyl adjacent to an activating group) is 2. The minimum atomic E-state index is -5.35. The predicted octanol–water partition coefficient (Wildman–Crippen LogP) is 3.08. The molecule has 0 fully saturated rings. The molecule has 0 spiro atoms. The van der Waals surface area contributed by atoms with Crippen LogP contribution in [0, 0.1) is 0 Å². The molecule has 8 rings (SSSR count). The van der Waals surface area contributed by atoms with E-state index in [1.54, 1.807) is 36.4 Å². The second kappa shape index (κ2) is 20.8. The van der Waals surface area contributed by atoms with Crippen molar-refractivity contribution in [1.82, 2.24) is 10.6 Å². The van der Waals surface area contributed by atoms with Gasteiger partial charge in [0.05, 0.1) is 80.4 Å². The number of hydrogen-bond acceptors (Lipinski definition) is 15. The van der Waals surface area contributed by atoms with E-state index in [-0.39, 0.29) is 61.7 Å². The highest BCUT2D eigenvalue weighted by molar-refractivity contribution is 7.81. The zero-order valence-corrected chi connectivity index (χ0v) is 42.2. The maximum Gasteiger partial charge on any atom is 0.182 e. The number of carboxylic acids is 2. The first-order valence-electron chi connectivity index (χ1n) is 22.0. The number of carbonyl (C=O) groups is 2. The SMILES string of the molecule is C[N+](C)(C)CCNC(=S)c1ccc(C(=O)[O-])c(-c2c3ccc(=O)cc-3oc3cc(OP(=O)([O-])[O-])ccc23)c1.C[N+](C)(C)CCNC(=S)c1ccc(C(=O)[O-])c(-c2c3ccc(=O)cc-3oc3cc([O-])ccc23)c1. The molecule has 2 heterocycles. The summed E-state index contributed by atoms with van der Waals surface area (Å²) in [7, 11) is 7.02. The van der Waals surface area contributed by atoms with E-state index in [2.05, 4.69) is 36.3 Å². The number of aromatic carboxylic acids is 2. The van der Waals surface area contributed by atoms with E-state index >= 15 is 0 Å². The van der Waals surface area contributed by atoms with Crippen LogP contribution in [-0.2, 0) is 4.57 Å². The molecule has 2 aliphatic heterocycles. The average molecular weight is 1030 g/mol. The summed E-state index contributed by atoms with van der Waals surface area (Å²) in [5, 5.41) is 43.5. The van der Waals surface area contributed by atoms with Crippen molar-refractivity contribution in [3.05, 3.63) is 152 Å². The maximum atomic E-state index is 12.1. The van der Waals surface area contributed by atoms with Crippen LogP contribution in [-0.4, -0.2) is 99.3 Å². The second-order valence-corrected chi connectivity index (χ2v) is 20.7. The Morgan fingerprint density at radius 3 is 1.43 bits per heavy atom. The summed E-state index contributed by atoms with van der Waals surface area (Å²) < 4.78 is 28.7. The van der Waals surface area contributed by atoms with Crippen molar-refractivity contribution in [2.45, 2.75) is 0 Å². The number of nitrogens with zero attached hydrogens (tertiary/aromatic N) is 2. The largest absolute Gasteiger partial charge is 0.872 e. The number of thiocarbonyl (C=S) groups is 2. The van der Waals surface area contributed by atoms with Gasteiger partial charge in [0.15, 0.2) is 10.9 Å². The molecule has 0 unspecified atom stereocenters. The summed E-state index contributed by atoms with van der Waals surface area (Å²) in [4.78, 5) is 71.4. The fraction of sp³-hybridized carbons (Fsp3) is 0.192. The van der Waals surface area contributed by atoms with Gasteiger partial charge in [-0.2, -0.15) is 0 Å². The molecule has 0 bridgehead atoms. The Labute approximate surface area is 423 Å². The first-order valence-corrected chi connectivity index (χ1v) is 24.3. The molecule has 0 aromatic heterocycles. The minimum Gasteiger partial charge on any atom is -0.872 e. The molecule has 20 heteroatoms. The molecule has 0 saturated heterocycles. The summed E-state index contributed by atoms with van der Waals surface area (Å²) in [6.45, 7) is 2.87. The first-order chi connectivity index (χ1) is 33.7. The van der Waals surface area contributed by atoms with Gasteiger partial charge in [-0.1, -0.05) is 60.8 Å². The highest BCUT2D eigenvalue weighted by Crippen LogP contribution is 2.44. The number of carbonyl (C=O) groups excluding carboxylic acids is 2. The quantitative estimate of drug-likeness (QED) is 0.0686. The van der Waals surface area contributed by atoms with E-state index in [1.165, 1.54) is 72.8 Å². The Balaban J connectivity index is 0.000000213. The van der Waals surface area contributed by atoms with Crippen LogP contribution >= 0.6 is 32.3 Å². The molecule has 17 nitrogen and oxygen atoms in total. The first kappa shape index (κ1) is 52.5. The lowest BCUT2D eigenvalue weighted by Gasteiger charge is -2.29. The molecule has 0 radical (unpaired) electrons. The van der Waals surface area contributed by atoms with E-state index < -0.39 is 19.8 Å². The van der Waals surface area contributed by atoms with E-state index in [1.807, 2.05) is 21.1 Å². The molecule has 2 aliphatic carbocycles. The molecule has 0 amide bonds. The van der Waals surface area contributed by atoms with Gasteiger partial charge in [-0.25, -0.2) is 0 Å². The summed E-state index contributed by atoms with van der Waals surface area (Å²) in [5.41, 5.74) is 3.17. The van der Waals surface area contributed by atoms with Crippen molar-refractivity contribution in [2.75, 3.05) is 68.5 Å². The number of phosphoric acid groups is 1. The number of nitrogens with one attached hydrogen (secondary N) is 2. The zero-order valence-electron chi connectivity index (χ0n) is 39.7. The molecule has 4 aromatic rings. The number of carboxylic acid groups (broad SMARTS) is 2. The summed E-state index contributed by atoms with van der Waals surface area (Å²) >= 11 is 11.1. The van der Waals surface area contributed by atoms with Gasteiger partial charge in [0.1, 0.15) is 46.2 Å². The zero-order chi connectivity index (χ0) is 52.4. The summed E-state index contributed by atoms with van der Waals surface area (Å²) in [6, 6.07) is 25.8. The molecule has 72 heavy (non-hydrogen) atoms. The van der Waals surface area contributed by atoms with Crippen molar-refractivity contribution < 1.29 is 61.6 Å². The van der Waals surface area contributed by atoms with Crippen molar-refractivity contribution in [3.63, 3.8) is 0 Å². The van der Waals surface area contributed by atoms with Gasteiger partial charge in [-0.05, 0) is 65.7 Å². The smallest absolute Gasteiger partial charge is 0.182 e. The topological polar surface area (TPSA) is 260 Å². The highest BCUT2D eigenvalue weighted by atomic mass is 32.1. The normalized spacial score (nSPS) is 11.8. The lowest BCUT2D eigenvalue weighted by atomic mass is 9.89. The fourth-order valence-corrected chi connectivity index (χ4v) is 8.65. The molecule has 372 valence electrons. The van der Waals surface area contributed by atoms with Crippen LogP contribution < -0.4 is 51.1 Å². The standard InChI is InChI=1S/C26H25N2O8PS.C26H24N2O5S/c1-28(2,3)11-10-27-25(38)15-4-7-18(26(30)31)21(12-15)24-19-8-5-16(29)13-22(19)35-23-14-17(6-9-20(23)24)36-37(32,33)34;1-28(2,3)11-10-27-25(34)15-4-7-18(26(31)32)21(12-15)24-19-8-5-16(29)13-22(19)33-23-14-17(30)6-9-20(23)24/h4-9,12-14H,10-11H2,1-3H3,(H3-,27,30,31,32,33,34,38);4-9,12-14H,10-11H2,1-3H3,(H2-,27,29,30,31,32,34)/p-3. The molecule has 0 saturated carbocycles. The molecule has 0 atom stereocenters. The minimum absolute atomic E-state index is 0.0379. The molecule has 4 aliphatic rings. The van der Waals surface area contributed by atoms with Gasteiger partial charge in [0, 0.05) is 73.5 Å². The van der Waals surface area contributed by atoms with Crippen LogP contribution in [0.15, 0.2) is 128 Å². The van der Waals surface area contributed by atoms with Crippen molar-refractivity contribution >= 4 is 76.1 Å². The Kier molecular flexibility index (Phi) is 15.1. The van der Waals surface area contributed by atoms with Gasteiger partial charge < -0.3 is 72.2 Å². The monoisotopic (exact) mass is 1030 g/mol. The van der Waals surface area contributed by atoms with Gasteiger partial charge in [0.25, 0.3) is 0 Å². The van der Waals surface area contributed by atoms with Crippen LogP contribution in [0.2, 0.25) is 0 Å². The molecular formula is C52H46N4O13PS2-3. The molecule has 4 aromatic carbocycles. The number of benzene rings is 6. The highest BCUT2D eigenvalue weighted by Gasteiger charge is 2.23. The fourth-order valence-electron chi connectivity index (χ4n) is 7.82. The van der Waals surface area contributed by atoms with Crippen molar-refractivity contribution in [1.29, 1.82) is 0 Å². The Morgan fingerprint density at radius 2 is 1.01 bits per heavy atom. The van der Waals surface area contributed by atoms with Crippen LogP contribution in [0.3, 0.4) is 0 Å². The number of quaternary nitrogens is 2. The van der Waals surface area contributed by atoms with Crippen LogP contribution in [0.5, 0.6) is 11.5 Å².